The van der Waals surface area contributed by atoms with Crippen molar-refractivity contribution in [1.29, 1.82) is 0 Å². The molecule has 0 bridgehead atoms. The summed E-state index contributed by atoms with van der Waals surface area (Å²) >= 11 is 1.64. The van der Waals surface area contributed by atoms with Gasteiger partial charge in [0.05, 0.1) is 17.0 Å². The summed E-state index contributed by atoms with van der Waals surface area (Å²) < 4.78 is 5.23. The average Bonchev–Trinajstić information content (AvgIpc) is 3.31. The molecule has 3 aromatic heterocycles. The van der Waals surface area contributed by atoms with Gasteiger partial charge in [0.25, 0.3) is 0 Å². The molecule has 25 heavy (non-hydrogen) atoms. The third-order valence-corrected chi connectivity index (χ3v) is 4.76. The third-order valence-electron chi connectivity index (χ3n) is 3.87. The number of hydrogen-bond donors (Lipinski definition) is 1. The van der Waals surface area contributed by atoms with Crippen LogP contribution >= 0.6 is 11.3 Å². The van der Waals surface area contributed by atoms with Crippen LogP contribution in [0.3, 0.4) is 0 Å². The van der Waals surface area contributed by atoms with E-state index in [1.54, 1.807) is 17.5 Å². The van der Waals surface area contributed by atoms with E-state index in [-0.39, 0.29) is 12.3 Å². The number of hydrogen-bond acceptors (Lipinski definition) is 5. The molecule has 1 aromatic carbocycles. The summed E-state index contributed by atoms with van der Waals surface area (Å²) in [5.74, 6) is -0.0893. The average molecular weight is 349 g/mol. The van der Waals surface area contributed by atoms with Crippen molar-refractivity contribution >= 4 is 28.2 Å². The van der Waals surface area contributed by atoms with Crippen LogP contribution in [0.4, 0.5) is 0 Å². The quantitative estimate of drug-likeness (QED) is 0.595. The topological polar surface area (TPSA) is 68.0 Å². The maximum absolute atomic E-state index is 12.2. The highest BCUT2D eigenvalue weighted by molar-refractivity contribution is 7.13. The molecule has 0 spiro atoms. The second kappa shape index (κ2) is 6.86. The van der Waals surface area contributed by atoms with Gasteiger partial charge in [0.1, 0.15) is 5.69 Å². The zero-order chi connectivity index (χ0) is 17.1. The number of aromatic nitrogens is 2. The van der Waals surface area contributed by atoms with Gasteiger partial charge in [-0.15, -0.1) is 11.3 Å². The SMILES string of the molecule is O=C(Cc1noc2ccccc12)NCc1ccnc(-c2cccs2)c1. The molecular weight excluding hydrogens is 334 g/mol. The molecule has 1 N–H and O–H groups in total. The van der Waals surface area contributed by atoms with Gasteiger partial charge in [-0.1, -0.05) is 23.4 Å². The summed E-state index contributed by atoms with van der Waals surface area (Å²) in [6.07, 6.45) is 1.96. The largest absolute Gasteiger partial charge is 0.356 e. The monoisotopic (exact) mass is 349 g/mol. The van der Waals surface area contributed by atoms with Crippen LogP contribution in [0.15, 0.2) is 64.6 Å². The Labute approximate surface area is 148 Å². The Bertz CT molecular complexity index is 1010. The van der Waals surface area contributed by atoms with Crippen LogP contribution in [0.5, 0.6) is 0 Å². The van der Waals surface area contributed by atoms with Crippen LogP contribution in [0.25, 0.3) is 21.5 Å². The van der Waals surface area contributed by atoms with E-state index in [9.17, 15) is 4.79 Å². The Morgan fingerprint density at radius 2 is 2.08 bits per heavy atom. The van der Waals surface area contributed by atoms with E-state index in [1.165, 1.54) is 0 Å². The summed E-state index contributed by atoms with van der Waals surface area (Å²) in [5.41, 5.74) is 3.28. The molecule has 0 saturated carbocycles. The van der Waals surface area contributed by atoms with E-state index in [1.807, 2.05) is 53.9 Å². The van der Waals surface area contributed by atoms with E-state index in [0.717, 1.165) is 21.5 Å². The molecular formula is C19H15N3O2S. The Morgan fingerprint density at radius 1 is 1.16 bits per heavy atom. The molecule has 0 radical (unpaired) electrons. The number of fused-ring (bicyclic) bond motifs is 1. The Hall–Kier alpha value is -2.99. The number of carbonyl (C=O) groups is 1. The van der Waals surface area contributed by atoms with Gasteiger partial charge in [-0.3, -0.25) is 9.78 Å². The number of nitrogens with zero attached hydrogens (tertiary/aromatic N) is 2. The standard InChI is InChI=1S/C19H15N3O2S/c23-19(11-15-14-4-1-2-5-17(14)24-22-15)21-12-13-7-8-20-16(10-13)18-6-3-9-25-18/h1-10H,11-12H2,(H,21,23). The molecule has 124 valence electrons. The number of amides is 1. The maximum Gasteiger partial charge on any atom is 0.226 e. The van der Waals surface area contributed by atoms with Crippen molar-refractivity contribution in [3.8, 4) is 10.6 Å². The first-order valence-electron chi connectivity index (χ1n) is 7.88. The zero-order valence-electron chi connectivity index (χ0n) is 13.3. The normalized spacial score (nSPS) is 10.9. The van der Waals surface area contributed by atoms with Crippen molar-refractivity contribution in [2.75, 3.05) is 0 Å². The van der Waals surface area contributed by atoms with Gasteiger partial charge < -0.3 is 9.84 Å². The highest BCUT2D eigenvalue weighted by Crippen LogP contribution is 2.23. The van der Waals surface area contributed by atoms with Gasteiger partial charge in [-0.05, 0) is 41.3 Å². The van der Waals surface area contributed by atoms with E-state index < -0.39 is 0 Å². The van der Waals surface area contributed by atoms with Crippen molar-refractivity contribution in [2.45, 2.75) is 13.0 Å². The molecule has 3 heterocycles. The Kier molecular flexibility index (Phi) is 4.26. The minimum atomic E-state index is -0.0893. The third kappa shape index (κ3) is 3.44. The van der Waals surface area contributed by atoms with Gasteiger partial charge >= 0.3 is 0 Å². The lowest BCUT2D eigenvalue weighted by Gasteiger charge is -2.05. The van der Waals surface area contributed by atoms with Gasteiger partial charge in [0.15, 0.2) is 5.58 Å². The number of rotatable bonds is 5. The van der Waals surface area contributed by atoms with Gasteiger partial charge in [0.2, 0.25) is 5.91 Å². The Balaban J connectivity index is 1.41. The number of thiophene rings is 1. The molecule has 0 aliphatic rings. The van der Waals surface area contributed by atoms with Crippen molar-refractivity contribution in [3.63, 3.8) is 0 Å². The van der Waals surface area contributed by atoms with E-state index in [0.29, 0.717) is 17.8 Å². The molecule has 5 nitrogen and oxygen atoms in total. The fourth-order valence-electron chi connectivity index (χ4n) is 2.62. The molecule has 4 rings (SSSR count). The lowest BCUT2D eigenvalue weighted by atomic mass is 10.1. The zero-order valence-corrected chi connectivity index (χ0v) is 14.1. The molecule has 1 amide bonds. The van der Waals surface area contributed by atoms with Crippen LogP contribution in [0.1, 0.15) is 11.3 Å². The van der Waals surface area contributed by atoms with Crippen LogP contribution < -0.4 is 5.32 Å². The summed E-state index contributed by atoms with van der Waals surface area (Å²) in [6.45, 7) is 0.454. The van der Waals surface area contributed by atoms with Gasteiger partial charge in [0, 0.05) is 18.1 Å². The van der Waals surface area contributed by atoms with Crippen LogP contribution in [0.2, 0.25) is 0 Å². The number of pyridine rings is 1. The second-order valence-electron chi connectivity index (χ2n) is 5.61. The fraction of sp³-hybridized carbons (Fsp3) is 0.105. The highest BCUT2D eigenvalue weighted by atomic mass is 32.1. The van der Waals surface area contributed by atoms with Crippen molar-refractivity contribution in [3.05, 3.63) is 71.4 Å². The molecule has 0 atom stereocenters. The number of nitrogens with one attached hydrogen (secondary N) is 1. The molecule has 6 heteroatoms. The molecule has 4 aromatic rings. The molecule has 0 aliphatic heterocycles. The smallest absolute Gasteiger partial charge is 0.226 e. The minimum absolute atomic E-state index is 0.0893. The molecule has 0 fully saturated rings. The van der Waals surface area contributed by atoms with Crippen LogP contribution in [0, 0.1) is 0 Å². The Morgan fingerprint density at radius 3 is 2.96 bits per heavy atom. The van der Waals surface area contributed by atoms with E-state index >= 15 is 0 Å². The molecule has 0 unspecified atom stereocenters. The first-order valence-corrected chi connectivity index (χ1v) is 8.76. The van der Waals surface area contributed by atoms with Gasteiger partial charge in [-0.2, -0.15) is 0 Å². The predicted molar refractivity (Wildman–Crippen MR) is 97.1 cm³/mol. The second-order valence-corrected chi connectivity index (χ2v) is 6.55. The summed E-state index contributed by atoms with van der Waals surface area (Å²) in [7, 11) is 0. The summed E-state index contributed by atoms with van der Waals surface area (Å²) in [5, 5.41) is 9.82. The maximum atomic E-state index is 12.2. The molecule has 0 aliphatic carbocycles. The lowest BCUT2D eigenvalue weighted by molar-refractivity contribution is -0.120. The van der Waals surface area contributed by atoms with Crippen molar-refractivity contribution < 1.29 is 9.32 Å². The van der Waals surface area contributed by atoms with Crippen LogP contribution in [-0.4, -0.2) is 16.0 Å². The fourth-order valence-corrected chi connectivity index (χ4v) is 3.32. The predicted octanol–water partition coefficient (Wildman–Crippen LogP) is 3.81. The van der Waals surface area contributed by atoms with E-state index in [4.69, 9.17) is 4.52 Å². The lowest BCUT2D eigenvalue weighted by Crippen LogP contribution is -2.24. The van der Waals surface area contributed by atoms with E-state index in [2.05, 4.69) is 15.5 Å². The number of para-hydroxylation sites is 1. The van der Waals surface area contributed by atoms with Gasteiger partial charge in [-0.25, -0.2) is 0 Å². The van der Waals surface area contributed by atoms with Crippen molar-refractivity contribution in [2.24, 2.45) is 0 Å². The highest BCUT2D eigenvalue weighted by Gasteiger charge is 2.12. The van der Waals surface area contributed by atoms with Crippen molar-refractivity contribution in [1.82, 2.24) is 15.5 Å². The first-order chi connectivity index (χ1) is 12.3. The summed E-state index contributed by atoms with van der Waals surface area (Å²) in [4.78, 5) is 17.7. The first kappa shape index (κ1) is 15.5. The minimum Gasteiger partial charge on any atom is -0.356 e. The summed E-state index contributed by atoms with van der Waals surface area (Å²) in [6, 6.07) is 15.5. The number of carbonyl (C=O) groups excluding carboxylic acids is 1. The molecule has 0 saturated heterocycles. The number of benzene rings is 1. The van der Waals surface area contributed by atoms with Crippen LogP contribution in [-0.2, 0) is 17.8 Å².